The summed E-state index contributed by atoms with van der Waals surface area (Å²) in [4.78, 5) is 0. The van der Waals surface area contributed by atoms with E-state index < -0.39 is 6.61 Å². The van der Waals surface area contributed by atoms with Crippen molar-refractivity contribution in [3.63, 3.8) is 0 Å². The largest absolute Gasteiger partial charge is 0.433 e. The lowest BCUT2D eigenvalue weighted by atomic mass is 10.0. The number of alkyl halides is 2. The molecule has 0 saturated heterocycles. The smallest absolute Gasteiger partial charge is 0.387 e. The normalized spacial score (nSPS) is 12.9. The SMILES string of the molecule is CCC(Nc1ccccc1OC(F)F)C(C)C. The van der Waals surface area contributed by atoms with Gasteiger partial charge in [-0.15, -0.1) is 0 Å². The number of halogens is 2. The molecule has 1 aromatic carbocycles. The van der Waals surface area contributed by atoms with Crippen molar-refractivity contribution in [2.75, 3.05) is 5.32 Å². The first-order chi connectivity index (χ1) is 8.04. The molecule has 17 heavy (non-hydrogen) atoms. The molecule has 0 spiro atoms. The van der Waals surface area contributed by atoms with Crippen LogP contribution in [0.5, 0.6) is 5.75 Å². The van der Waals surface area contributed by atoms with E-state index in [1.165, 1.54) is 0 Å². The highest BCUT2D eigenvalue weighted by atomic mass is 19.3. The van der Waals surface area contributed by atoms with Gasteiger partial charge < -0.3 is 10.1 Å². The molecule has 0 aromatic heterocycles. The third-order valence-electron chi connectivity index (χ3n) is 2.69. The predicted molar refractivity (Wildman–Crippen MR) is 65.6 cm³/mol. The molecule has 0 fully saturated rings. The number of nitrogens with one attached hydrogen (secondary N) is 1. The molecule has 0 radical (unpaired) electrons. The fourth-order valence-electron chi connectivity index (χ4n) is 1.72. The quantitative estimate of drug-likeness (QED) is 0.811. The summed E-state index contributed by atoms with van der Waals surface area (Å²) >= 11 is 0. The van der Waals surface area contributed by atoms with Gasteiger partial charge in [0, 0.05) is 6.04 Å². The molecule has 2 nitrogen and oxygen atoms in total. The van der Waals surface area contributed by atoms with Crippen LogP contribution in [0.1, 0.15) is 27.2 Å². The van der Waals surface area contributed by atoms with E-state index >= 15 is 0 Å². The van der Waals surface area contributed by atoms with Crippen molar-refractivity contribution in [3.05, 3.63) is 24.3 Å². The van der Waals surface area contributed by atoms with Crippen LogP contribution in [0, 0.1) is 5.92 Å². The third-order valence-corrected chi connectivity index (χ3v) is 2.69. The fraction of sp³-hybridized carbons (Fsp3) is 0.538. The number of benzene rings is 1. The third kappa shape index (κ3) is 4.21. The van der Waals surface area contributed by atoms with Crippen LogP contribution in [0.25, 0.3) is 0 Å². The molecular weight excluding hydrogens is 224 g/mol. The second-order valence-corrected chi connectivity index (χ2v) is 4.28. The van der Waals surface area contributed by atoms with E-state index in [2.05, 4.69) is 30.8 Å². The lowest BCUT2D eigenvalue weighted by Gasteiger charge is -2.23. The Morgan fingerprint density at radius 1 is 1.24 bits per heavy atom. The highest BCUT2D eigenvalue weighted by Crippen LogP contribution is 2.27. The predicted octanol–water partition coefficient (Wildman–Crippen LogP) is 4.13. The topological polar surface area (TPSA) is 21.3 Å². The second kappa shape index (κ2) is 6.42. The Balaban J connectivity index is 2.82. The fourth-order valence-corrected chi connectivity index (χ4v) is 1.72. The Bertz CT molecular complexity index is 342. The summed E-state index contributed by atoms with van der Waals surface area (Å²) in [6.07, 6.45) is 0.931. The second-order valence-electron chi connectivity index (χ2n) is 4.28. The van der Waals surface area contributed by atoms with Crippen LogP contribution in [0.4, 0.5) is 14.5 Å². The molecule has 0 amide bonds. The Labute approximate surface area is 101 Å². The van der Waals surface area contributed by atoms with Crippen molar-refractivity contribution in [1.29, 1.82) is 0 Å². The molecule has 0 heterocycles. The summed E-state index contributed by atoms with van der Waals surface area (Å²) in [5, 5.41) is 3.24. The lowest BCUT2D eigenvalue weighted by Crippen LogP contribution is -2.25. The number of para-hydroxylation sites is 2. The van der Waals surface area contributed by atoms with Gasteiger partial charge in [0.15, 0.2) is 0 Å². The van der Waals surface area contributed by atoms with E-state index in [9.17, 15) is 8.78 Å². The van der Waals surface area contributed by atoms with Crippen LogP contribution in [0.3, 0.4) is 0 Å². The molecule has 1 unspecified atom stereocenters. The highest BCUT2D eigenvalue weighted by molar-refractivity contribution is 5.56. The van der Waals surface area contributed by atoms with Crippen LogP contribution in [0.15, 0.2) is 24.3 Å². The average Bonchev–Trinajstić information content (AvgIpc) is 2.26. The van der Waals surface area contributed by atoms with E-state index in [0.29, 0.717) is 11.6 Å². The zero-order valence-electron chi connectivity index (χ0n) is 10.4. The van der Waals surface area contributed by atoms with E-state index in [1.54, 1.807) is 24.3 Å². The standard InChI is InChI=1S/C13H19F2NO/c1-4-10(9(2)3)16-11-7-5-6-8-12(11)17-13(14)15/h5-10,13,16H,4H2,1-3H3. The van der Waals surface area contributed by atoms with Gasteiger partial charge >= 0.3 is 6.61 Å². The lowest BCUT2D eigenvalue weighted by molar-refractivity contribution is -0.0494. The molecular formula is C13H19F2NO. The molecule has 1 rings (SSSR count). The van der Waals surface area contributed by atoms with Crippen LogP contribution in [-0.4, -0.2) is 12.7 Å². The van der Waals surface area contributed by atoms with Gasteiger partial charge in [0.25, 0.3) is 0 Å². The number of hydrogen-bond donors (Lipinski definition) is 1. The molecule has 1 aromatic rings. The first-order valence-corrected chi connectivity index (χ1v) is 5.85. The molecule has 4 heteroatoms. The molecule has 0 bridgehead atoms. The summed E-state index contributed by atoms with van der Waals surface area (Å²) in [7, 11) is 0. The molecule has 1 N–H and O–H groups in total. The summed E-state index contributed by atoms with van der Waals surface area (Å²) in [6, 6.07) is 7.02. The Kier molecular flexibility index (Phi) is 5.19. The Morgan fingerprint density at radius 3 is 2.41 bits per heavy atom. The van der Waals surface area contributed by atoms with Crippen molar-refractivity contribution in [2.24, 2.45) is 5.92 Å². The van der Waals surface area contributed by atoms with Gasteiger partial charge in [-0.2, -0.15) is 8.78 Å². The van der Waals surface area contributed by atoms with Crippen LogP contribution in [0.2, 0.25) is 0 Å². The summed E-state index contributed by atoms with van der Waals surface area (Å²) in [5.41, 5.74) is 0.619. The maximum absolute atomic E-state index is 12.2. The maximum Gasteiger partial charge on any atom is 0.387 e. The van der Waals surface area contributed by atoms with Crippen molar-refractivity contribution in [3.8, 4) is 5.75 Å². The minimum absolute atomic E-state index is 0.196. The van der Waals surface area contributed by atoms with Crippen molar-refractivity contribution < 1.29 is 13.5 Å². The first-order valence-electron chi connectivity index (χ1n) is 5.85. The van der Waals surface area contributed by atoms with Crippen molar-refractivity contribution in [2.45, 2.75) is 39.8 Å². The summed E-state index contributed by atoms with van der Waals surface area (Å²) in [6.45, 7) is 3.46. The molecule has 0 aliphatic heterocycles. The minimum Gasteiger partial charge on any atom is -0.433 e. The van der Waals surface area contributed by atoms with Gasteiger partial charge in [-0.3, -0.25) is 0 Å². The van der Waals surface area contributed by atoms with E-state index in [-0.39, 0.29) is 11.8 Å². The van der Waals surface area contributed by atoms with Gasteiger partial charge in [-0.25, -0.2) is 0 Å². The molecule has 0 saturated carbocycles. The van der Waals surface area contributed by atoms with Gasteiger partial charge in [0.1, 0.15) is 5.75 Å². The van der Waals surface area contributed by atoms with E-state index in [1.807, 2.05) is 0 Å². The number of ether oxygens (including phenoxy) is 1. The zero-order chi connectivity index (χ0) is 12.8. The monoisotopic (exact) mass is 243 g/mol. The van der Waals surface area contributed by atoms with Crippen LogP contribution >= 0.6 is 0 Å². The molecule has 96 valence electrons. The number of hydrogen-bond acceptors (Lipinski definition) is 2. The maximum atomic E-state index is 12.2. The van der Waals surface area contributed by atoms with Gasteiger partial charge in [-0.1, -0.05) is 32.9 Å². The van der Waals surface area contributed by atoms with E-state index in [4.69, 9.17) is 0 Å². The minimum atomic E-state index is -2.79. The summed E-state index contributed by atoms with van der Waals surface area (Å²) in [5.74, 6) is 0.626. The number of rotatable bonds is 6. The van der Waals surface area contributed by atoms with Gasteiger partial charge in [-0.05, 0) is 24.5 Å². The van der Waals surface area contributed by atoms with Crippen molar-refractivity contribution in [1.82, 2.24) is 0 Å². The van der Waals surface area contributed by atoms with Gasteiger partial charge in [0.05, 0.1) is 5.69 Å². The summed E-state index contributed by atoms with van der Waals surface area (Å²) < 4.78 is 28.9. The molecule has 1 atom stereocenters. The number of anilines is 1. The molecule has 0 aliphatic carbocycles. The molecule has 0 aliphatic rings. The van der Waals surface area contributed by atoms with Crippen LogP contribution < -0.4 is 10.1 Å². The average molecular weight is 243 g/mol. The first kappa shape index (κ1) is 13.7. The van der Waals surface area contributed by atoms with Gasteiger partial charge in [0.2, 0.25) is 0 Å². The zero-order valence-corrected chi connectivity index (χ0v) is 10.4. The highest BCUT2D eigenvalue weighted by Gasteiger charge is 2.14. The van der Waals surface area contributed by atoms with Crippen molar-refractivity contribution >= 4 is 5.69 Å². The van der Waals surface area contributed by atoms with E-state index in [0.717, 1.165) is 6.42 Å². The van der Waals surface area contributed by atoms with Crippen LogP contribution in [-0.2, 0) is 0 Å². The Morgan fingerprint density at radius 2 is 1.88 bits per heavy atom. The Hall–Kier alpha value is -1.32.